The Balaban J connectivity index is 4.25. The lowest BCUT2D eigenvalue weighted by molar-refractivity contribution is 1.83. The van der Waals surface area contributed by atoms with E-state index in [4.69, 9.17) is 23.2 Å². The first-order chi connectivity index (χ1) is 3.72. The van der Waals surface area contributed by atoms with Gasteiger partial charge in [0.1, 0.15) is 0 Å². The smallest absolute Gasteiger partial charge is 0.0586 e. The van der Waals surface area contributed by atoms with Gasteiger partial charge in [0.25, 0.3) is 0 Å². The maximum Gasteiger partial charge on any atom is 0.0586 e. The average molecular weight is 149 g/mol. The van der Waals surface area contributed by atoms with Gasteiger partial charge < -0.3 is 0 Å². The molecule has 0 N–H and O–H groups in total. The van der Waals surface area contributed by atoms with E-state index in [0.29, 0.717) is 10.1 Å². The van der Waals surface area contributed by atoms with E-state index in [2.05, 4.69) is 13.2 Å². The van der Waals surface area contributed by atoms with Crippen molar-refractivity contribution in [3.8, 4) is 0 Å². The minimum Gasteiger partial charge on any atom is -0.0975 e. The zero-order valence-electron chi connectivity index (χ0n) is 4.32. The van der Waals surface area contributed by atoms with Crippen LogP contribution in [-0.2, 0) is 0 Å². The van der Waals surface area contributed by atoms with Crippen molar-refractivity contribution in [1.82, 2.24) is 0 Å². The third-order valence-electron chi connectivity index (χ3n) is 0.587. The number of rotatable bonds is 2. The Morgan fingerprint density at radius 3 is 1.38 bits per heavy atom. The van der Waals surface area contributed by atoms with Gasteiger partial charge in [0, 0.05) is 0 Å². The zero-order chi connectivity index (χ0) is 6.57. The summed E-state index contributed by atoms with van der Waals surface area (Å²) in [5, 5.41) is 0.864. The van der Waals surface area contributed by atoms with E-state index in [-0.39, 0.29) is 0 Å². The molecule has 0 amide bonds. The highest BCUT2D eigenvalue weighted by Crippen LogP contribution is 2.14. The molecule has 2 heteroatoms. The average Bonchev–Trinajstić information content (AvgIpc) is 1.84. The fraction of sp³-hybridized carbons (Fsp3) is 0. The molecule has 0 aromatic rings. The van der Waals surface area contributed by atoms with Crippen molar-refractivity contribution in [2.24, 2.45) is 0 Å². The van der Waals surface area contributed by atoms with Gasteiger partial charge in [-0.2, -0.15) is 0 Å². The lowest BCUT2D eigenvalue weighted by Gasteiger charge is -1.86. The monoisotopic (exact) mass is 148 g/mol. The molecule has 0 spiro atoms. The molecule has 0 aliphatic heterocycles. The highest BCUT2D eigenvalue weighted by molar-refractivity contribution is 6.41. The van der Waals surface area contributed by atoms with Gasteiger partial charge in [-0.15, -0.1) is 0 Å². The Hall–Kier alpha value is -0.200. The molecular formula is C6H6Cl2. The predicted octanol–water partition coefficient (Wildman–Crippen LogP) is 3.05. The first-order valence-electron chi connectivity index (χ1n) is 2.02. The lowest BCUT2D eigenvalue weighted by atomic mass is 10.5. The number of hydrogen-bond acceptors (Lipinski definition) is 0. The maximum atomic E-state index is 5.47. The summed E-state index contributed by atoms with van der Waals surface area (Å²) in [7, 11) is 0. The van der Waals surface area contributed by atoms with Crippen molar-refractivity contribution < 1.29 is 0 Å². The largest absolute Gasteiger partial charge is 0.0975 e. The van der Waals surface area contributed by atoms with Gasteiger partial charge in [0.15, 0.2) is 0 Å². The van der Waals surface area contributed by atoms with Crippen LogP contribution < -0.4 is 0 Å². The van der Waals surface area contributed by atoms with Crippen molar-refractivity contribution in [2.75, 3.05) is 0 Å². The van der Waals surface area contributed by atoms with E-state index >= 15 is 0 Å². The minimum absolute atomic E-state index is 0.432. The van der Waals surface area contributed by atoms with Crippen LogP contribution in [0.2, 0.25) is 0 Å². The molecule has 0 aliphatic rings. The summed E-state index contributed by atoms with van der Waals surface area (Å²) in [5.74, 6) is 0. The van der Waals surface area contributed by atoms with Crippen molar-refractivity contribution in [2.45, 2.75) is 0 Å². The Bertz CT molecular complexity index is 117. The summed E-state index contributed by atoms with van der Waals surface area (Å²) in [6.45, 7) is 6.82. The normalized spacial score (nSPS) is 12.2. The lowest BCUT2D eigenvalue weighted by Crippen LogP contribution is -1.64. The fourth-order valence-electron chi connectivity index (χ4n) is 0.195. The SMILES string of the molecule is C=C/C(Cl)=C(\Cl)C=C. The van der Waals surface area contributed by atoms with Crippen molar-refractivity contribution >= 4 is 23.2 Å². The van der Waals surface area contributed by atoms with Crippen LogP contribution in [0.1, 0.15) is 0 Å². The molecule has 0 bridgehead atoms. The molecule has 0 radical (unpaired) electrons. The fourth-order valence-corrected chi connectivity index (χ4v) is 0.349. The molecule has 0 heterocycles. The van der Waals surface area contributed by atoms with Crippen LogP contribution >= 0.6 is 23.2 Å². The molecule has 0 rings (SSSR count). The molecule has 0 saturated carbocycles. The number of allylic oxidation sites excluding steroid dienone is 4. The molecule has 0 atom stereocenters. The van der Waals surface area contributed by atoms with Gasteiger partial charge in [-0.1, -0.05) is 36.4 Å². The second-order valence-electron chi connectivity index (χ2n) is 1.10. The Morgan fingerprint density at radius 1 is 1.00 bits per heavy atom. The molecule has 0 saturated heterocycles. The van der Waals surface area contributed by atoms with E-state index in [0.717, 1.165) is 0 Å². The maximum absolute atomic E-state index is 5.47. The quantitative estimate of drug-likeness (QED) is 0.529. The van der Waals surface area contributed by atoms with Crippen molar-refractivity contribution in [3.05, 3.63) is 35.4 Å². The van der Waals surface area contributed by atoms with E-state index in [1.54, 1.807) is 0 Å². The van der Waals surface area contributed by atoms with Crippen LogP contribution in [0, 0.1) is 0 Å². The third-order valence-corrected chi connectivity index (χ3v) is 1.40. The van der Waals surface area contributed by atoms with Gasteiger partial charge in [-0.25, -0.2) is 0 Å². The third kappa shape index (κ3) is 2.20. The first kappa shape index (κ1) is 7.80. The topological polar surface area (TPSA) is 0 Å². The van der Waals surface area contributed by atoms with Crippen molar-refractivity contribution in [1.29, 1.82) is 0 Å². The van der Waals surface area contributed by atoms with Crippen LogP contribution in [0.4, 0.5) is 0 Å². The molecule has 0 unspecified atom stereocenters. The zero-order valence-corrected chi connectivity index (χ0v) is 5.84. The first-order valence-corrected chi connectivity index (χ1v) is 2.78. The predicted molar refractivity (Wildman–Crippen MR) is 39.1 cm³/mol. The molecule has 0 fully saturated rings. The van der Waals surface area contributed by atoms with Gasteiger partial charge in [0.05, 0.1) is 10.1 Å². The molecule has 0 aromatic carbocycles. The highest BCUT2D eigenvalue weighted by Gasteiger charge is 1.88. The van der Waals surface area contributed by atoms with Crippen LogP contribution in [0.15, 0.2) is 35.4 Å². The molecule has 0 aliphatic carbocycles. The van der Waals surface area contributed by atoms with Gasteiger partial charge in [-0.3, -0.25) is 0 Å². The van der Waals surface area contributed by atoms with E-state index < -0.39 is 0 Å². The van der Waals surface area contributed by atoms with Crippen LogP contribution in [0.3, 0.4) is 0 Å². The van der Waals surface area contributed by atoms with E-state index in [1.165, 1.54) is 12.2 Å². The number of halogens is 2. The van der Waals surface area contributed by atoms with Gasteiger partial charge in [0.2, 0.25) is 0 Å². The summed E-state index contributed by atoms with van der Waals surface area (Å²) in [6.07, 6.45) is 2.93. The van der Waals surface area contributed by atoms with Crippen LogP contribution in [0.25, 0.3) is 0 Å². The summed E-state index contributed by atoms with van der Waals surface area (Å²) < 4.78 is 0. The second kappa shape index (κ2) is 3.76. The molecular weight excluding hydrogens is 143 g/mol. The summed E-state index contributed by atoms with van der Waals surface area (Å²) in [4.78, 5) is 0. The van der Waals surface area contributed by atoms with Gasteiger partial charge >= 0.3 is 0 Å². The Morgan fingerprint density at radius 2 is 1.25 bits per heavy atom. The minimum atomic E-state index is 0.432. The van der Waals surface area contributed by atoms with E-state index in [9.17, 15) is 0 Å². The summed E-state index contributed by atoms with van der Waals surface area (Å²) in [6, 6.07) is 0. The Labute approximate surface area is 59.1 Å². The van der Waals surface area contributed by atoms with Crippen molar-refractivity contribution in [3.63, 3.8) is 0 Å². The summed E-state index contributed by atoms with van der Waals surface area (Å²) >= 11 is 10.9. The highest BCUT2D eigenvalue weighted by atomic mass is 35.5. The summed E-state index contributed by atoms with van der Waals surface area (Å²) in [5.41, 5.74) is 0. The Kier molecular flexibility index (Phi) is 3.67. The molecule has 0 aromatic heterocycles. The molecule has 44 valence electrons. The second-order valence-corrected chi connectivity index (χ2v) is 1.92. The van der Waals surface area contributed by atoms with E-state index in [1.807, 2.05) is 0 Å². The number of hydrogen-bond donors (Lipinski definition) is 0. The molecule has 0 nitrogen and oxygen atoms in total. The van der Waals surface area contributed by atoms with Crippen LogP contribution in [0.5, 0.6) is 0 Å². The standard InChI is InChI=1S/C6H6Cl2/c1-3-5(7)6(8)4-2/h3-4H,1-2H2/b6-5+. The molecule has 8 heavy (non-hydrogen) atoms. The van der Waals surface area contributed by atoms with Crippen LogP contribution in [-0.4, -0.2) is 0 Å². The van der Waals surface area contributed by atoms with Gasteiger partial charge in [-0.05, 0) is 12.2 Å².